The van der Waals surface area contributed by atoms with Crippen LogP contribution in [-0.2, 0) is 47.7 Å². The summed E-state index contributed by atoms with van der Waals surface area (Å²) in [6, 6.07) is 6.85. The number of benzene rings is 1. The predicted octanol–water partition coefficient (Wildman–Crippen LogP) is 3.89. The minimum atomic E-state index is -2.35. The summed E-state index contributed by atoms with van der Waals surface area (Å²) in [5.74, 6) is -5.89. The molecule has 0 aromatic heterocycles. The molecular formula is C43H59NO14S2. The number of amides is 1. The molecule has 1 aliphatic heterocycles. The van der Waals surface area contributed by atoms with Gasteiger partial charge >= 0.3 is 23.9 Å². The van der Waals surface area contributed by atoms with E-state index in [-0.39, 0.29) is 60.8 Å². The second-order valence-corrected chi connectivity index (χ2v) is 20.1. The van der Waals surface area contributed by atoms with Gasteiger partial charge in [-0.3, -0.25) is 19.2 Å². The first-order valence-corrected chi connectivity index (χ1v) is 23.1. The molecule has 332 valence electrons. The van der Waals surface area contributed by atoms with Gasteiger partial charge in [0.25, 0.3) is 0 Å². The molecule has 3 fully saturated rings. The summed E-state index contributed by atoms with van der Waals surface area (Å²) in [7, 11) is 2.99. The molecule has 1 saturated heterocycles. The van der Waals surface area contributed by atoms with E-state index in [4.69, 9.17) is 23.7 Å². The van der Waals surface area contributed by atoms with E-state index in [1.807, 2.05) is 20.1 Å². The zero-order chi connectivity index (χ0) is 44.5. The van der Waals surface area contributed by atoms with Gasteiger partial charge in [-0.15, -0.1) is 0 Å². The Hall–Kier alpha value is -3.48. The molecule has 4 aliphatic rings. The number of Topliss-reactive ketones (excluding diaryl/α,β-unsaturated/α-hetero) is 1. The number of carbonyl (C=O) groups is 6. The van der Waals surface area contributed by atoms with Crippen LogP contribution >= 0.6 is 21.6 Å². The molecule has 0 spiro atoms. The fourth-order valence-corrected chi connectivity index (χ4v) is 10.9. The zero-order valence-electron chi connectivity index (χ0n) is 35.7. The van der Waals surface area contributed by atoms with E-state index in [2.05, 4.69) is 5.32 Å². The van der Waals surface area contributed by atoms with Gasteiger partial charge in [-0.2, -0.15) is 0 Å². The first-order chi connectivity index (χ1) is 28.1. The summed E-state index contributed by atoms with van der Waals surface area (Å²) < 4.78 is 30.4. The number of aliphatic hydroxyl groups excluding tert-OH is 2. The Morgan fingerprint density at radius 1 is 1.05 bits per heavy atom. The van der Waals surface area contributed by atoms with Gasteiger partial charge in [0, 0.05) is 43.8 Å². The number of hydrogen-bond acceptors (Lipinski definition) is 16. The summed E-state index contributed by atoms with van der Waals surface area (Å²) in [6.07, 6.45) is -8.03. The highest BCUT2D eigenvalue weighted by atomic mass is 33.1. The summed E-state index contributed by atoms with van der Waals surface area (Å²) in [6.45, 7) is 12.3. The van der Waals surface area contributed by atoms with Crippen molar-refractivity contribution in [1.82, 2.24) is 5.32 Å². The van der Waals surface area contributed by atoms with Gasteiger partial charge in [0.15, 0.2) is 23.6 Å². The number of carbonyl (C=O) groups excluding carboxylic acids is 6. The Labute approximate surface area is 358 Å². The highest BCUT2D eigenvalue weighted by Gasteiger charge is 2.78. The third-order valence-corrected chi connectivity index (χ3v) is 14.7. The molecule has 3 aliphatic carbocycles. The molecule has 15 nitrogen and oxygen atoms in total. The lowest BCUT2D eigenvalue weighted by Crippen LogP contribution is -2.82. The first kappa shape index (κ1) is 47.6. The summed E-state index contributed by atoms with van der Waals surface area (Å²) in [5.41, 5.74) is -7.42. The van der Waals surface area contributed by atoms with Crippen molar-refractivity contribution in [2.24, 2.45) is 22.7 Å². The van der Waals surface area contributed by atoms with Gasteiger partial charge < -0.3 is 44.3 Å². The van der Waals surface area contributed by atoms with Gasteiger partial charge in [-0.05, 0) is 55.7 Å². The van der Waals surface area contributed by atoms with Gasteiger partial charge in [0.05, 0.1) is 35.6 Å². The summed E-state index contributed by atoms with van der Waals surface area (Å²) >= 11 is 0. The number of rotatable bonds is 15. The molecule has 2 bridgehead atoms. The lowest BCUT2D eigenvalue weighted by Gasteiger charge is -2.67. The maximum Gasteiger partial charge on any atom is 0.338 e. The van der Waals surface area contributed by atoms with Gasteiger partial charge in [0.1, 0.15) is 23.9 Å². The number of ketones is 1. The lowest BCUT2D eigenvalue weighted by atomic mass is 9.44. The van der Waals surface area contributed by atoms with Crippen molar-refractivity contribution < 1.29 is 67.8 Å². The van der Waals surface area contributed by atoms with Crippen LogP contribution in [0.15, 0.2) is 41.5 Å². The standard InChI is InChI=1S/C43H59NO14S2/c1-10-31(48)56-34-32-23(4)27(55-39(52)33(49)26(18-22(2)3)44-30(47)16-17-60-59-9)20-43(53,40(32,6)7)37(57-38(51)25-14-12-11-13-15-25)35-41(8,36(34)50)28(46)19-29-42(35,21-54-29)58-24(5)45/h11-15,22,26-29,33-35,37,46,49,53H,10,16-21H2,1-9H3,(H,44,47)/t26-,27-,28-,29+,33+,34+,35-,37-,41+,42-,43+/m0/s1. The maximum absolute atomic E-state index is 15.5. The van der Waals surface area contributed by atoms with E-state index >= 15 is 4.79 Å². The quantitative estimate of drug-likeness (QED) is 0.0646. The summed E-state index contributed by atoms with van der Waals surface area (Å²) in [5, 5.41) is 40.0. The van der Waals surface area contributed by atoms with E-state index in [1.165, 1.54) is 47.6 Å². The molecule has 0 radical (unpaired) electrons. The molecule has 60 heavy (non-hydrogen) atoms. The zero-order valence-corrected chi connectivity index (χ0v) is 37.3. The number of hydrogen-bond donors (Lipinski definition) is 4. The Morgan fingerprint density at radius 2 is 1.72 bits per heavy atom. The molecule has 1 amide bonds. The molecule has 4 N–H and O–H groups in total. The van der Waals surface area contributed by atoms with Crippen molar-refractivity contribution in [1.29, 1.82) is 0 Å². The van der Waals surface area contributed by atoms with Gasteiger partial charge in [-0.1, -0.05) is 74.4 Å². The monoisotopic (exact) mass is 877 g/mol. The third kappa shape index (κ3) is 8.63. The average Bonchev–Trinajstić information content (AvgIpc) is 3.18. The van der Waals surface area contributed by atoms with Gasteiger partial charge in [-0.25, -0.2) is 9.59 Å². The van der Waals surface area contributed by atoms with Crippen molar-refractivity contribution >= 4 is 57.2 Å². The first-order valence-electron chi connectivity index (χ1n) is 20.4. The minimum absolute atomic E-state index is 0.0369. The van der Waals surface area contributed by atoms with Crippen molar-refractivity contribution in [3.05, 3.63) is 47.0 Å². The minimum Gasteiger partial charge on any atom is -0.456 e. The molecule has 1 aromatic carbocycles. The largest absolute Gasteiger partial charge is 0.456 e. The molecule has 17 heteroatoms. The van der Waals surface area contributed by atoms with Crippen molar-refractivity contribution in [2.75, 3.05) is 18.6 Å². The van der Waals surface area contributed by atoms with Crippen LogP contribution < -0.4 is 5.32 Å². The second-order valence-electron chi connectivity index (χ2n) is 17.4. The maximum atomic E-state index is 15.5. The third-order valence-electron chi connectivity index (χ3n) is 12.9. The SMILES string of the molecule is CCC(=O)O[C@H]1C(=O)[C@@]2(C)[C@H]([C@H](OC(=O)c3ccccc3)[C@]3(O)C[C@H](OC(=O)[C@H](O)[C@H](CC(C)C)NC(=O)CCSSC)C(C)=C1C3(C)C)[C@]1(OC(C)=O)CO[C@@H]1C[C@@H]2O. The number of ether oxygens (including phenoxy) is 5. The Balaban J connectivity index is 1.72. The van der Waals surface area contributed by atoms with Crippen molar-refractivity contribution in [3.8, 4) is 0 Å². The van der Waals surface area contributed by atoms with Crippen molar-refractivity contribution in [3.63, 3.8) is 0 Å². The predicted molar refractivity (Wildman–Crippen MR) is 221 cm³/mol. The molecule has 1 heterocycles. The molecule has 5 rings (SSSR count). The molecular weight excluding hydrogens is 819 g/mol. The van der Waals surface area contributed by atoms with Crippen LogP contribution in [0.1, 0.15) is 97.9 Å². The van der Waals surface area contributed by atoms with E-state index in [0.29, 0.717) is 5.75 Å². The van der Waals surface area contributed by atoms with Crippen LogP contribution in [0.3, 0.4) is 0 Å². The smallest absolute Gasteiger partial charge is 0.338 e. The van der Waals surface area contributed by atoms with Crippen LogP contribution in [-0.4, -0.2) is 123 Å². The molecule has 11 atom stereocenters. The topological polar surface area (TPSA) is 221 Å². The Bertz CT molecular complexity index is 1850. The molecule has 0 unspecified atom stereocenters. The van der Waals surface area contributed by atoms with Crippen molar-refractivity contribution in [2.45, 2.75) is 141 Å². The Morgan fingerprint density at radius 3 is 2.28 bits per heavy atom. The average molecular weight is 878 g/mol. The van der Waals surface area contributed by atoms with Crippen LogP contribution in [0.5, 0.6) is 0 Å². The number of aliphatic hydroxyl groups is 3. The molecule has 2 saturated carbocycles. The van der Waals surface area contributed by atoms with E-state index in [1.54, 1.807) is 39.0 Å². The number of fused-ring (bicyclic) bond motifs is 5. The fourth-order valence-electron chi connectivity index (χ4n) is 9.71. The van der Waals surface area contributed by atoms with Gasteiger partial charge in [0.2, 0.25) is 5.91 Å². The number of esters is 4. The Kier molecular flexibility index (Phi) is 14.6. The normalized spacial score (nSPS) is 32.8. The van der Waals surface area contributed by atoms with Crippen LogP contribution in [0.4, 0.5) is 0 Å². The molecule has 1 aromatic rings. The summed E-state index contributed by atoms with van der Waals surface area (Å²) in [4.78, 5) is 83.0. The van der Waals surface area contributed by atoms with Crippen LogP contribution in [0.25, 0.3) is 0 Å². The highest BCUT2D eigenvalue weighted by molar-refractivity contribution is 8.76. The lowest BCUT2D eigenvalue weighted by molar-refractivity contribution is -0.346. The number of nitrogens with one attached hydrogen (secondary N) is 1. The van der Waals surface area contributed by atoms with E-state index in [0.717, 1.165) is 6.92 Å². The fraction of sp³-hybridized carbons (Fsp3) is 0.674. The highest BCUT2D eigenvalue weighted by Crippen LogP contribution is 2.64. The van der Waals surface area contributed by atoms with Crippen LogP contribution in [0, 0.1) is 22.7 Å². The van der Waals surface area contributed by atoms with E-state index in [9.17, 15) is 39.3 Å². The second kappa shape index (κ2) is 18.5. The van der Waals surface area contributed by atoms with Crippen LogP contribution in [0.2, 0.25) is 0 Å². The van der Waals surface area contributed by atoms with E-state index < -0.39 is 107 Å².